The molecular formula is C19H24N2O2. The molecule has 0 heterocycles. The molecule has 0 saturated carbocycles. The monoisotopic (exact) mass is 312 g/mol. The Labute approximate surface area is 137 Å². The van der Waals surface area contributed by atoms with Gasteiger partial charge in [-0.05, 0) is 56.7 Å². The fourth-order valence-electron chi connectivity index (χ4n) is 2.45. The maximum atomic E-state index is 11.9. The third kappa shape index (κ3) is 4.81. The lowest BCUT2D eigenvalue weighted by Crippen LogP contribution is -2.27. The molecule has 122 valence electrons. The molecule has 0 spiro atoms. The number of amides is 1. The van der Waals surface area contributed by atoms with Crippen LogP contribution in [0.3, 0.4) is 0 Å². The predicted octanol–water partition coefficient (Wildman–Crippen LogP) is 3.78. The Morgan fingerprint density at radius 1 is 1.39 bits per heavy atom. The van der Waals surface area contributed by atoms with Gasteiger partial charge in [-0.15, -0.1) is 0 Å². The SMILES string of the molecule is C=C(C)[C@H]1CC=C(C)/C(=N/NC(=O)COc2ccccc2C)C1. The summed E-state index contributed by atoms with van der Waals surface area (Å²) in [5.41, 5.74) is 6.76. The van der Waals surface area contributed by atoms with Gasteiger partial charge in [-0.2, -0.15) is 5.10 Å². The standard InChI is InChI=1S/C19H24N2O2/c1-13(2)16-10-9-14(3)17(11-16)20-21-19(22)12-23-18-8-6-5-7-15(18)4/h5-9,16H,1,10-12H2,2-4H3,(H,21,22)/b20-17+/t16-/m0/s1. The Kier molecular flexibility index (Phi) is 5.74. The summed E-state index contributed by atoms with van der Waals surface area (Å²) >= 11 is 0. The number of ether oxygens (including phenoxy) is 1. The number of rotatable bonds is 5. The second kappa shape index (κ2) is 7.77. The van der Waals surface area contributed by atoms with Gasteiger partial charge < -0.3 is 4.74 Å². The van der Waals surface area contributed by atoms with Crippen LogP contribution in [0.15, 0.2) is 53.2 Å². The molecule has 1 aromatic rings. The van der Waals surface area contributed by atoms with Gasteiger partial charge in [0.1, 0.15) is 5.75 Å². The zero-order valence-electron chi connectivity index (χ0n) is 14.1. The van der Waals surface area contributed by atoms with E-state index in [4.69, 9.17) is 4.74 Å². The second-order valence-electron chi connectivity index (χ2n) is 6.02. The topological polar surface area (TPSA) is 50.7 Å². The lowest BCUT2D eigenvalue weighted by Gasteiger charge is -2.22. The Morgan fingerprint density at radius 2 is 2.13 bits per heavy atom. The molecule has 0 radical (unpaired) electrons. The quantitative estimate of drug-likeness (QED) is 0.664. The maximum absolute atomic E-state index is 11.9. The van der Waals surface area contributed by atoms with Gasteiger partial charge in [-0.3, -0.25) is 4.79 Å². The Hall–Kier alpha value is -2.36. The van der Waals surface area contributed by atoms with E-state index in [2.05, 4.69) is 23.2 Å². The van der Waals surface area contributed by atoms with Gasteiger partial charge in [0.05, 0.1) is 5.71 Å². The highest BCUT2D eigenvalue weighted by Gasteiger charge is 2.18. The van der Waals surface area contributed by atoms with Gasteiger partial charge in [0.25, 0.3) is 5.91 Å². The van der Waals surface area contributed by atoms with Crippen LogP contribution in [0.5, 0.6) is 5.75 Å². The Morgan fingerprint density at radius 3 is 2.83 bits per heavy atom. The van der Waals surface area contributed by atoms with Crippen molar-refractivity contribution in [2.24, 2.45) is 11.0 Å². The number of aryl methyl sites for hydroxylation is 1. The lowest BCUT2D eigenvalue weighted by atomic mass is 9.85. The van der Waals surface area contributed by atoms with E-state index in [1.54, 1.807) is 0 Å². The van der Waals surface area contributed by atoms with E-state index in [1.807, 2.05) is 45.0 Å². The van der Waals surface area contributed by atoms with E-state index in [-0.39, 0.29) is 12.5 Å². The van der Waals surface area contributed by atoms with Crippen LogP contribution in [0.2, 0.25) is 0 Å². The molecule has 2 rings (SSSR count). The van der Waals surface area contributed by atoms with E-state index in [1.165, 1.54) is 0 Å². The summed E-state index contributed by atoms with van der Waals surface area (Å²) in [5, 5.41) is 4.26. The van der Waals surface area contributed by atoms with Crippen molar-refractivity contribution in [3.8, 4) is 5.75 Å². The molecule has 0 saturated heterocycles. The van der Waals surface area contributed by atoms with Crippen molar-refractivity contribution in [2.75, 3.05) is 6.61 Å². The minimum Gasteiger partial charge on any atom is -0.483 e. The van der Waals surface area contributed by atoms with E-state index in [0.29, 0.717) is 11.7 Å². The van der Waals surface area contributed by atoms with Gasteiger partial charge in [0.2, 0.25) is 0 Å². The van der Waals surface area contributed by atoms with Crippen molar-refractivity contribution in [1.29, 1.82) is 0 Å². The highest BCUT2D eigenvalue weighted by atomic mass is 16.5. The first kappa shape index (κ1) is 17.0. The average Bonchev–Trinajstić information content (AvgIpc) is 2.53. The first-order chi connectivity index (χ1) is 11.0. The first-order valence-corrected chi connectivity index (χ1v) is 7.83. The van der Waals surface area contributed by atoms with Crippen LogP contribution in [0, 0.1) is 12.8 Å². The van der Waals surface area contributed by atoms with Crippen molar-refractivity contribution in [3.63, 3.8) is 0 Å². The van der Waals surface area contributed by atoms with E-state index >= 15 is 0 Å². The molecule has 0 bridgehead atoms. The van der Waals surface area contributed by atoms with Crippen LogP contribution in [-0.2, 0) is 4.79 Å². The number of hydrazone groups is 1. The summed E-state index contributed by atoms with van der Waals surface area (Å²) < 4.78 is 5.51. The third-order valence-electron chi connectivity index (χ3n) is 4.07. The Balaban J connectivity index is 1.90. The normalized spacial score (nSPS) is 19.2. The summed E-state index contributed by atoms with van der Waals surface area (Å²) in [6.45, 7) is 9.96. The van der Waals surface area contributed by atoms with Crippen molar-refractivity contribution in [3.05, 3.63) is 53.6 Å². The molecule has 0 unspecified atom stereocenters. The average molecular weight is 312 g/mol. The number of allylic oxidation sites excluding steroid dienone is 3. The minimum atomic E-state index is -0.258. The number of carbonyl (C=O) groups excluding carboxylic acids is 1. The second-order valence-corrected chi connectivity index (χ2v) is 6.02. The summed E-state index contributed by atoms with van der Waals surface area (Å²) in [6, 6.07) is 7.61. The van der Waals surface area contributed by atoms with E-state index in [9.17, 15) is 4.79 Å². The predicted molar refractivity (Wildman–Crippen MR) is 93.5 cm³/mol. The number of carbonyl (C=O) groups is 1. The molecule has 1 amide bonds. The van der Waals surface area contributed by atoms with Crippen LogP contribution in [0.1, 0.15) is 32.3 Å². The fraction of sp³-hybridized carbons (Fsp3) is 0.368. The summed E-state index contributed by atoms with van der Waals surface area (Å²) in [6.07, 6.45) is 3.96. The highest BCUT2D eigenvalue weighted by Crippen LogP contribution is 2.26. The first-order valence-electron chi connectivity index (χ1n) is 7.83. The molecule has 4 nitrogen and oxygen atoms in total. The number of hydrogen-bond acceptors (Lipinski definition) is 3. The van der Waals surface area contributed by atoms with Crippen molar-refractivity contribution < 1.29 is 9.53 Å². The van der Waals surface area contributed by atoms with Gasteiger partial charge >= 0.3 is 0 Å². The molecule has 1 aliphatic carbocycles. The number of hydrogen-bond donors (Lipinski definition) is 1. The molecule has 1 N–H and O–H groups in total. The van der Waals surface area contributed by atoms with Crippen LogP contribution in [0.4, 0.5) is 0 Å². The number of nitrogens with one attached hydrogen (secondary N) is 1. The lowest BCUT2D eigenvalue weighted by molar-refractivity contribution is -0.123. The van der Waals surface area contributed by atoms with Crippen LogP contribution in [0.25, 0.3) is 0 Å². The van der Waals surface area contributed by atoms with Gasteiger partial charge in [0, 0.05) is 0 Å². The summed E-state index contributed by atoms with van der Waals surface area (Å²) in [7, 11) is 0. The van der Waals surface area contributed by atoms with Crippen LogP contribution >= 0.6 is 0 Å². The zero-order chi connectivity index (χ0) is 16.8. The largest absolute Gasteiger partial charge is 0.483 e. The van der Waals surface area contributed by atoms with Crippen molar-refractivity contribution in [1.82, 2.24) is 5.43 Å². The molecule has 1 aromatic carbocycles. The fourth-order valence-corrected chi connectivity index (χ4v) is 2.45. The van der Waals surface area contributed by atoms with Crippen molar-refractivity contribution in [2.45, 2.75) is 33.6 Å². The van der Waals surface area contributed by atoms with Crippen LogP contribution < -0.4 is 10.2 Å². The zero-order valence-corrected chi connectivity index (χ0v) is 14.1. The molecule has 0 aromatic heterocycles. The highest BCUT2D eigenvalue weighted by molar-refractivity contribution is 6.01. The molecule has 0 aliphatic heterocycles. The number of para-hydroxylation sites is 1. The molecule has 1 atom stereocenters. The maximum Gasteiger partial charge on any atom is 0.277 e. The van der Waals surface area contributed by atoms with Gasteiger partial charge in [-0.1, -0.05) is 36.4 Å². The molecular weight excluding hydrogens is 288 g/mol. The molecule has 4 heteroatoms. The third-order valence-corrected chi connectivity index (χ3v) is 4.07. The van der Waals surface area contributed by atoms with Gasteiger partial charge in [0.15, 0.2) is 6.61 Å². The smallest absolute Gasteiger partial charge is 0.277 e. The molecule has 1 aliphatic rings. The molecule has 23 heavy (non-hydrogen) atoms. The molecule has 0 fully saturated rings. The van der Waals surface area contributed by atoms with Crippen LogP contribution in [-0.4, -0.2) is 18.2 Å². The number of nitrogens with zero attached hydrogens (tertiary/aromatic N) is 1. The summed E-state index contributed by atoms with van der Waals surface area (Å²) in [4.78, 5) is 11.9. The van der Waals surface area contributed by atoms with E-state index in [0.717, 1.165) is 35.3 Å². The van der Waals surface area contributed by atoms with Gasteiger partial charge in [-0.25, -0.2) is 5.43 Å². The van der Waals surface area contributed by atoms with Crippen molar-refractivity contribution >= 4 is 11.6 Å². The number of benzene rings is 1. The Bertz CT molecular complexity index is 659. The summed E-state index contributed by atoms with van der Waals surface area (Å²) in [5.74, 6) is 0.856. The minimum absolute atomic E-state index is 0.0473. The van der Waals surface area contributed by atoms with E-state index < -0.39 is 0 Å².